The number of anilines is 1. The van der Waals surface area contributed by atoms with Crippen molar-refractivity contribution in [2.75, 3.05) is 18.9 Å². The van der Waals surface area contributed by atoms with Crippen molar-refractivity contribution in [1.82, 2.24) is 0 Å². The van der Waals surface area contributed by atoms with Crippen molar-refractivity contribution in [3.63, 3.8) is 0 Å². The standard InChI is InChI=1S/C21H21FO5.C6H6FN.2C2H6/c22-19-5-3-18(4-6-19)21(26-11-12-27-21)10-9-17(14-23)13-16-1-7-20(8-2-16)25-15-24;7-5-1-3-6(8)4-2-5;2*1-2/h1-8,14-15,17H,9-13H2;1-4H,8H2;2*1-2H3. The highest BCUT2D eigenvalue weighted by Crippen LogP contribution is 2.37. The molecule has 1 aliphatic rings. The van der Waals surface area contributed by atoms with Crippen LogP contribution in [0.5, 0.6) is 5.75 Å². The molecule has 4 rings (SSSR count). The lowest BCUT2D eigenvalue weighted by Crippen LogP contribution is -2.28. The van der Waals surface area contributed by atoms with E-state index in [1.165, 1.54) is 36.4 Å². The van der Waals surface area contributed by atoms with E-state index in [1.807, 2.05) is 39.8 Å². The predicted octanol–water partition coefficient (Wildman–Crippen LogP) is 6.86. The minimum absolute atomic E-state index is 0.215. The second kappa shape index (κ2) is 18.6. The van der Waals surface area contributed by atoms with Gasteiger partial charge in [0, 0.05) is 23.6 Å². The molecule has 0 aromatic heterocycles. The molecule has 0 radical (unpaired) electrons. The van der Waals surface area contributed by atoms with E-state index < -0.39 is 5.79 Å². The zero-order valence-corrected chi connectivity index (χ0v) is 23.1. The summed E-state index contributed by atoms with van der Waals surface area (Å²) in [5, 5.41) is 0. The Balaban J connectivity index is 0.000000532. The Morgan fingerprint density at radius 3 is 1.82 bits per heavy atom. The van der Waals surface area contributed by atoms with Gasteiger partial charge in [-0.25, -0.2) is 8.78 Å². The van der Waals surface area contributed by atoms with Crippen molar-refractivity contribution in [2.24, 2.45) is 5.92 Å². The first kappa shape index (κ1) is 33.4. The smallest absolute Gasteiger partial charge is 0.298 e. The van der Waals surface area contributed by atoms with Gasteiger partial charge in [-0.2, -0.15) is 0 Å². The van der Waals surface area contributed by atoms with Gasteiger partial charge in [0.25, 0.3) is 6.47 Å². The second-order valence-electron chi connectivity index (χ2n) is 8.01. The molecule has 1 saturated heterocycles. The largest absolute Gasteiger partial charge is 0.429 e. The number of ether oxygens (including phenoxy) is 3. The lowest BCUT2D eigenvalue weighted by molar-refractivity contribution is -0.173. The van der Waals surface area contributed by atoms with E-state index in [-0.39, 0.29) is 17.6 Å². The monoisotopic (exact) mass is 543 g/mol. The topological polar surface area (TPSA) is 87.9 Å². The predicted molar refractivity (Wildman–Crippen MR) is 149 cm³/mol. The molecule has 1 atom stereocenters. The molecule has 6 nitrogen and oxygen atoms in total. The molecule has 0 saturated carbocycles. The highest BCUT2D eigenvalue weighted by Gasteiger charge is 2.38. The number of benzene rings is 3. The van der Waals surface area contributed by atoms with Crippen LogP contribution in [0.2, 0.25) is 0 Å². The summed E-state index contributed by atoms with van der Waals surface area (Å²) in [7, 11) is 0. The Morgan fingerprint density at radius 1 is 0.846 bits per heavy atom. The SMILES string of the molecule is CC.CC.Nc1ccc(F)cc1.O=COc1ccc(CC(C=O)CCC2(c3ccc(F)cc3)OCCO2)cc1. The zero-order valence-electron chi connectivity index (χ0n) is 23.1. The van der Waals surface area contributed by atoms with Crippen molar-refractivity contribution in [2.45, 2.75) is 52.7 Å². The van der Waals surface area contributed by atoms with Crippen LogP contribution >= 0.6 is 0 Å². The maximum absolute atomic E-state index is 13.2. The normalized spacial score (nSPS) is 13.7. The van der Waals surface area contributed by atoms with Crippen LogP contribution < -0.4 is 10.5 Å². The second-order valence-corrected chi connectivity index (χ2v) is 8.01. The van der Waals surface area contributed by atoms with Gasteiger partial charge in [-0.05, 0) is 66.9 Å². The number of aldehydes is 1. The number of nitrogens with two attached hydrogens (primary N) is 1. The molecule has 0 amide bonds. The summed E-state index contributed by atoms with van der Waals surface area (Å²) in [6.07, 6.45) is 2.55. The first-order chi connectivity index (χ1) is 18.9. The molecular formula is C31H39F2NO5. The summed E-state index contributed by atoms with van der Waals surface area (Å²) < 4.78 is 41.7. The quantitative estimate of drug-likeness (QED) is 0.234. The van der Waals surface area contributed by atoms with Crippen LogP contribution in [-0.4, -0.2) is 26.0 Å². The van der Waals surface area contributed by atoms with Crippen LogP contribution in [0.25, 0.3) is 0 Å². The van der Waals surface area contributed by atoms with Crippen molar-refractivity contribution in [1.29, 1.82) is 0 Å². The third kappa shape index (κ3) is 11.3. The summed E-state index contributed by atoms with van der Waals surface area (Å²) in [6, 6.07) is 18.8. The molecule has 8 heteroatoms. The first-order valence-electron chi connectivity index (χ1n) is 13.1. The molecule has 1 heterocycles. The third-order valence-corrected chi connectivity index (χ3v) is 5.55. The van der Waals surface area contributed by atoms with Crippen LogP contribution in [0.1, 0.15) is 51.7 Å². The summed E-state index contributed by atoms with van der Waals surface area (Å²) >= 11 is 0. The van der Waals surface area contributed by atoms with E-state index >= 15 is 0 Å². The molecule has 0 aliphatic carbocycles. The van der Waals surface area contributed by atoms with E-state index in [0.717, 1.165) is 17.4 Å². The summed E-state index contributed by atoms with van der Waals surface area (Å²) in [6.45, 7) is 9.29. The first-order valence-corrected chi connectivity index (χ1v) is 13.1. The van der Waals surface area contributed by atoms with Gasteiger partial charge in [-0.3, -0.25) is 4.79 Å². The van der Waals surface area contributed by atoms with Gasteiger partial charge in [-0.1, -0.05) is 52.0 Å². The minimum Gasteiger partial charge on any atom is -0.429 e. The molecule has 0 spiro atoms. The number of hydrogen-bond acceptors (Lipinski definition) is 6. The highest BCUT2D eigenvalue weighted by molar-refractivity contribution is 5.54. The van der Waals surface area contributed by atoms with Crippen molar-refractivity contribution >= 4 is 18.4 Å². The molecule has 0 bridgehead atoms. The number of hydrogen-bond donors (Lipinski definition) is 1. The van der Waals surface area contributed by atoms with Gasteiger partial charge in [0.1, 0.15) is 23.7 Å². The fourth-order valence-corrected chi connectivity index (χ4v) is 3.73. The molecule has 3 aromatic carbocycles. The molecular weight excluding hydrogens is 504 g/mol. The molecule has 39 heavy (non-hydrogen) atoms. The Morgan fingerprint density at radius 2 is 1.36 bits per heavy atom. The Kier molecular flexibility index (Phi) is 15.9. The highest BCUT2D eigenvalue weighted by atomic mass is 19.1. The van der Waals surface area contributed by atoms with E-state index in [1.54, 1.807) is 24.3 Å². The number of rotatable bonds is 9. The van der Waals surface area contributed by atoms with Gasteiger partial charge in [0.05, 0.1) is 13.2 Å². The fraction of sp³-hybridized carbons (Fsp3) is 0.355. The average molecular weight is 544 g/mol. The minimum atomic E-state index is -0.934. The van der Waals surface area contributed by atoms with Crippen LogP contribution in [0, 0.1) is 17.6 Å². The number of nitrogen functional groups attached to an aromatic ring is 1. The zero-order chi connectivity index (χ0) is 29.1. The Labute approximate surface area is 230 Å². The summed E-state index contributed by atoms with van der Waals surface area (Å²) in [5.41, 5.74) is 7.57. The average Bonchev–Trinajstić information content (AvgIpc) is 3.47. The van der Waals surface area contributed by atoms with Gasteiger partial charge in [0.15, 0.2) is 5.79 Å². The van der Waals surface area contributed by atoms with Crippen molar-refractivity contribution in [3.8, 4) is 5.75 Å². The number of halogens is 2. The van der Waals surface area contributed by atoms with E-state index in [4.69, 9.17) is 19.9 Å². The molecule has 1 aliphatic heterocycles. The van der Waals surface area contributed by atoms with Gasteiger partial charge < -0.3 is 24.7 Å². The third-order valence-electron chi connectivity index (χ3n) is 5.55. The summed E-state index contributed by atoms with van der Waals surface area (Å²) in [5.74, 6) is -1.26. The molecule has 2 N–H and O–H groups in total. The van der Waals surface area contributed by atoms with Crippen LogP contribution in [0.3, 0.4) is 0 Å². The maximum Gasteiger partial charge on any atom is 0.298 e. The van der Waals surface area contributed by atoms with Gasteiger partial charge >= 0.3 is 0 Å². The van der Waals surface area contributed by atoms with E-state index in [2.05, 4.69) is 0 Å². The fourth-order valence-electron chi connectivity index (χ4n) is 3.73. The van der Waals surface area contributed by atoms with Gasteiger partial charge in [0.2, 0.25) is 0 Å². The van der Waals surface area contributed by atoms with E-state index in [9.17, 15) is 18.4 Å². The van der Waals surface area contributed by atoms with Crippen molar-refractivity contribution in [3.05, 3.63) is 95.6 Å². The molecule has 1 fully saturated rings. The molecule has 1 unspecified atom stereocenters. The van der Waals surface area contributed by atoms with Crippen molar-refractivity contribution < 1.29 is 32.6 Å². The summed E-state index contributed by atoms with van der Waals surface area (Å²) in [4.78, 5) is 21.9. The van der Waals surface area contributed by atoms with Crippen LogP contribution in [-0.2, 0) is 31.3 Å². The van der Waals surface area contributed by atoms with Crippen LogP contribution in [0.15, 0.2) is 72.8 Å². The Bertz CT molecular complexity index is 1050. The van der Waals surface area contributed by atoms with Crippen LogP contribution in [0.4, 0.5) is 14.5 Å². The molecule has 212 valence electrons. The lowest BCUT2D eigenvalue weighted by Gasteiger charge is -2.29. The Hall–Kier alpha value is -3.62. The number of carbonyl (C=O) groups is 2. The maximum atomic E-state index is 13.2. The molecule has 3 aromatic rings. The van der Waals surface area contributed by atoms with Gasteiger partial charge in [-0.15, -0.1) is 0 Å². The lowest BCUT2D eigenvalue weighted by atomic mass is 9.91. The van der Waals surface area contributed by atoms with E-state index in [0.29, 0.717) is 50.4 Å². The number of carbonyl (C=O) groups excluding carboxylic acids is 2.